The number of hydrogen-bond donors (Lipinski definition) is 0. The van der Waals surface area contributed by atoms with Crippen LogP contribution in [0.5, 0.6) is 0 Å². The summed E-state index contributed by atoms with van der Waals surface area (Å²) in [6, 6.07) is 23.3. The minimum Gasteiger partial charge on any atom is -0.268 e. The quantitative estimate of drug-likeness (QED) is 0.475. The Bertz CT molecular complexity index is 1080. The fourth-order valence-corrected chi connectivity index (χ4v) is 4.50. The van der Waals surface area contributed by atoms with Crippen molar-refractivity contribution in [2.75, 3.05) is 4.90 Å². The molecule has 0 atom stereocenters. The molecule has 3 aromatic rings. The van der Waals surface area contributed by atoms with Crippen LogP contribution in [0.3, 0.4) is 0 Å². The first kappa shape index (κ1) is 18.8. The van der Waals surface area contributed by atoms with E-state index in [1.54, 1.807) is 18.2 Å². The molecule has 6 heteroatoms. The molecular formula is C22H13Cl2NO2S. The Morgan fingerprint density at radius 2 is 1.29 bits per heavy atom. The number of anilines is 1. The smallest absolute Gasteiger partial charge is 0.268 e. The van der Waals surface area contributed by atoms with E-state index in [1.807, 2.05) is 60.7 Å². The normalized spacial score (nSPS) is 14.1. The summed E-state index contributed by atoms with van der Waals surface area (Å²) >= 11 is 13.5. The van der Waals surface area contributed by atoms with Gasteiger partial charge in [0.05, 0.1) is 16.2 Å². The van der Waals surface area contributed by atoms with Gasteiger partial charge < -0.3 is 0 Å². The molecule has 3 aromatic carbocycles. The summed E-state index contributed by atoms with van der Waals surface area (Å²) in [6.07, 6.45) is 0. The van der Waals surface area contributed by atoms with E-state index in [-0.39, 0.29) is 0 Å². The summed E-state index contributed by atoms with van der Waals surface area (Å²) < 4.78 is 0. The lowest BCUT2D eigenvalue weighted by atomic mass is 10.1. The second-order valence-electron chi connectivity index (χ2n) is 6.06. The Hall–Kier alpha value is -2.53. The van der Waals surface area contributed by atoms with Crippen LogP contribution in [0.15, 0.2) is 88.7 Å². The molecular weight excluding hydrogens is 413 g/mol. The van der Waals surface area contributed by atoms with Crippen LogP contribution >= 0.6 is 35.0 Å². The molecule has 0 saturated heterocycles. The van der Waals surface area contributed by atoms with Crippen molar-refractivity contribution < 1.29 is 9.59 Å². The van der Waals surface area contributed by atoms with E-state index in [4.69, 9.17) is 23.2 Å². The van der Waals surface area contributed by atoms with Gasteiger partial charge in [-0.15, -0.1) is 0 Å². The lowest BCUT2D eigenvalue weighted by Gasteiger charge is -2.16. The zero-order chi connectivity index (χ0) is 19.7. The fraction of sp³-hybridized carbons (Fsp3) is 0. The number of carbonyl (C=O) groups is 2. The van der Waals surface area contributed by atoms with Gasteiger partial charge >= 0.3 is 0 Å². The SMILES string of the molecule is O=C1C(Sc2ccccc2)=C(c2ccccc2)C(=O)N1c1cc(Cl)cc(Cl)c1. The summed E-state index contributed by atoms with van der Waals surface area (Å²) in [6.45, 7) is 0. The molecule has 0 unspecified atom stereocenters. The van der Waals surface area contributed by atoms with Crippen molar-refractivity contribution in [1.29, 1.82) is 0 Å². The first-order valence-electron chi connectivity index (χ1n) is 8.42. The molecule has 0 saturated carbocycles. The minimum absolute atomic E-state index is 0.351. The number of imide groups is 1. The summed E-state index contributed by atoms with van der Waals surface area (Å²) in [7, 11) is 0. The van der Waals surface area contributed by atoms with Crippen molar-refractivity contribution in [3.8, 4) is 0 Å². The summed E-state index contributed by atoms with van der Waals surface area (Å²) in [4.78, 5) is 28.9. The van der Waals surface area contributed by atoms with Crippen LogP contribution in [0.2, 0.25) is 10.0 Å². The van der Waals surface area contributed by atoms with Gasteiger partial charge in [-0.3, -0.25) is 9.59 Å². The highest BCUT2D eigenvalue weighted by molar-refractivity contribution is 8.04. The third-order valence-electron chi connectivity index (χ3n) is 4.17. The molecule has 1 aliphatic heterocycles. The molecule has 0 N–H and O–H groups in total. The largest absolute Gasteiger partial charge is 0.272 e. The first-order chi connectivity index (χ1) is 13.5. The number of amides is 2. The number of halogens is 2. The van der Waals surface area contributed by atoms with E-state index in [0.29, 0.717) is 31.8 Å². The highest BCUT2D eigenvalue weighted by Crippen LogP contribution is 2.42. The van der Waals surface area contributed by atoms with Crippen molar-refractivity contribution in [2.24, 2.45) is 0 Å². The van der Waals surface area contributed by atoms with Crippen molar-refractivity contribution in [1.82, 2.24) is 0 Å². The van der Waals surface area contributed by atoms with Gasteiger partial charge in [0.1, 0.15) is 0 Å². The summed E-state index contributed by atoms with van der Waals surface area (Å²) in [5.41, 5.74) is 1.41. The number of benzene rings is 3. The second-order valence-corrected chi connectivity index (χ2v) is 8.02. The topological polar surface area (TPSA) is 37.4 Å². The number of hydrogen-bond acceptors (Lipinski definition) is 3. The van der Waals surface area contributed by atoms with Gasteiger partial charge in [-0.2, -0.15) is 0 Å². The maximum Gasteiger partial charge on any atom is 0.272 e. The van der Waals surface area contributed by atoms with E-state index < -0.39 is 11.8 Å². The van der Waals surface area contributed by atoms with Crippen LogP contribution in [0, 0.1) is 0 Å². The van der Waals surface area contributed by atoms with Gasteiger partial charge in [0.25, 0.3) is 11.8 Å². The van der Waals surface area contributed by atoms with Crippen molar-refractivity contribution in [3.63, 3.8) is 0 Å². The first-order valence-corrected chi connectivity index (χ1v) is 9.99. The Morgan fingerprint density at radius 3 is 1.89 bits per heavy atom. The lowest BCUT2D eigenvalue weighted by molar-refractivity contribution is -0.119. The van der Waals surface area contributed by atoms with E-state index in [1.165, 1.54) is 11.8 Å². The van der Waals surface area contributed by atoms with Crippen LogP contribution in [-0.2, 0) is 9.59 Å². The molecule has 138 valence electrons. The van der Waals surface area contributed by atoms with Gasteiger partial charge in [-0.1, -0.05) is 83.5 Å². The average Bonchev–Trinajstić information content (AvgIpc) is 2.92. The average molecular weight is 426 g/mol. The standard InChI is InChI=1S/C22H13Cl2NO2S/c23-15-11-16(24)13-17(12-15)25-21(26)19(14-7-3-1-4-8-14)20(22(25)27)28-18-9-5-2-6-10-18/h1-13H. The lowest BCUT2D eigenvalue weighted by Crippen LogP contribution is -2.31. The Kier molecular flexibility index (Phi) is 5.27. The van der Waals surface area contributed by atoms with Crippen LogP contribution in [0.25, 0.3) is 5.57 Å². The van der Waals surface area contributed by atoms with Gasteiger partial charge in [-0.05, 0) is 35.9 Å². The number of nitrogens with zero attached hydrogens (tertiary/aromatic N) is 1. The molecule has 2 amide bonds. The number of thioether (sulfide) groups is 1. The molecule has 28 heavy (non-hydrogen) atoms. The molecule has 0 bridgehead atoms. The third kappa shape index (κ3) is 3.59. The number of rotatable bonds is 4. The third-order valence-corrected chi connectivity index (χ3v) is 5.70. The fourth-order valence-electron chi connectivity index (χ4n) is 2.97. The molecule has 1 heterocycles. The molecule has 0 aliphatic carbocycles. The van der Waals surface area contributed by atoms with Crippen LogP contribution in [0.1, 0.15) is 5.56 Å². The summed E-state index contributed by atoms with van der Waals surface area (Å²) in [5.74, 6) is -0.788. The molecule has 3 nitrogen and oxygen atoms in total. The van der Waals surface area contributed by atoms with E-state index in [9.17, 15) is 9.59 Å². The maximum atomic E-state index is 13.3. The monoisotopic (exact) mass is 425 g/mol. The van der Waals surface area contributed by atoms with Crippen molar-refractivity contribution in [2.45, 2.75) is 4.90 Å². The predicted octanol–water partition coefficient (Wildman–Crippen LogP) is 6.07. The van der Waals surface area contributed by atoms with Gasteiger partial charge in [0.15, 0.2) is 0 Å². The predicted molar refractivity (Wildman–Crippen MR) is 115 cm³/mol. The Balaban J connectivity index is 1.83. The molecule has 0 aromatic heterocycles. The Labute approximate surface area is 176 Å². The van der Waals surface area contributed by atoms with Gasteiger partial charge in [0.2, 0.25) is 0 Å². The second kappa shape index (κ2) is 7.84. The summed E-state index contributed by atoms with van der Waals surface area (Å²) in [5, 5.41) is 0.710. The highest BCUT2D eigenvalue weighted by atomic mass is 35.5. The highest BCUT2D eigenvalue weighted by Gasteiger charge is 2.40. The van der Waals surface area contributed by atoms with Crippen LogP contribution < -0.4 is 4.90 Å². The number of carbonyl (C=O) groups excluding carboxylic acids is 2. The minimum atomic E-state index is -0.395. The van der Waals surface area contributed by atoms with Crippen LogP contribution in [-0.4, -0.2) is 11.8 Å². The molecule has 1 aliphatic rings. The molecule has 4 rings (SSSR count). The molecule has 0 fully saturated rings. The molecule has 0 radical (unpaired) electrons. The van der Waals surface area contributed by atoms with E-state index in [0.717, 1.165) is 9.80 Å². The van der Waals surface area contributed by atoms with E-state index >= 15 is 0 Å². The zero-order valence-electron chi connectivity index (χ0n) is 14.4. The molecule has 0 spiro atoms. The van der Waals surface area contributed by atoms with Crippen molar-refractivity contribution in [3.05, 3.63) is 99.4 Å². The van der Waals surface area contributed by atoms with Crippen molar-refractivity contribution >= 4 is 58.0 Å². The van der Waals surface area contributed by atoms with Crippen LogP contribution in [0.4, 0.5) is 5.69 Å². The van der Waals surface area contributed by atoms with Gasteiger partial charge in [0, 0.05) is 14.9 Å². The maximum absolute atomic E-state index is 13.3. The van der Waals surface area contributed by atoms with E-state index in [2.05, 4.69) is 0 Å². The zero-order valence-corrected chi connectivity index (χ0v) is 16.8. The van der Waals surface area contributed by atoms with Gasteiger partial charge in [-0.25, -0.2) is 4.90 Å². The Morgan fingerprint density at radius 1 is 0.714 bits per heavy atom.